The van der Waals surface area contributed by atoms with E-state index >= 15 is 0 Å². The molecule has 3 nitrogen and oxygen atoms in total. The van der Waals surface area contributed by atoms with Crippen molar-refractivity contribution in [2.75, 3.05) is 0 Å². The summed E-state index contributed by atoms with van der Waals surface area (Å²) < 4.78 is 5.73. The lowest BCUT2D eigenvalue weighted by Gasteiger charge is -1.81. The van der Waals surface area contributed by atoms with Crippen LogP contribution in [0, 0.1) is 0 Å². The van der Waals surface area contributed by atoms with Crippen molar-refractivity contribution in [1.29, 1.82) is 0 Å². The number of fused-ring (bicyclic) bond motifs is 1. The normalized spacial score (nSPS) is 9.43. The van der Waals surface area contributed by atoms with Gasteiger partial charge in [-0.15, -0.1) is 11.3 Å². The first-order chi connectivity index (χ1) is 6.97. The van der Waals surface area contributed by atoms with Crippen LogP contribution in [0.5, 0.6) is 0 Å². The Morgan fingerprint density at radius 1 is 1.21 bits per heavy atom. The number of thiophene rings is 1. The monoisotopic (exact) mass is 204 g/mol. The third-order valence-corrected chi connectivity index (χ3v) is 2.44. The minimum atomic E-state index is 1.10. The second-order valence-corrected chi connectivity index (χ2v) is 3.43. The summed E-state index contributed by atoms with van der Waals surface area (Å²) in [5.41, 5.74) is 1.10. The first kappa shape index (κ1) is 8.90. The van der Waals surface area contributed by atoms with Gasteiger partial charge in [0.1, 0.15) is 6.26 Å². The molecule has 0 aliphatic heterocycles. The van der Waals surface area contributed by atoms with Gasteiger partial charge >= 0.3 is 0 Å². The third-order valence-electron chi connectivity index (χ3n) is 1.57. The zero-order chi connectivity index (χ0) is 9.64. The number of aromatic nitrogens is 2. The molecule has 0 atom stereocenters. The van der Waals surface area contributed by atoms with Gasteiger partial charge in [-0.2, -0.15) is 0 Å². The summed E-state index contributed by atoms with van der Waals surface area (Å²) in [6.45, 7) is 0. The predicted octanol–water partition coefficient (Wildman–Crippen LogP) is 2.97. The first-order valence-corrected chi connectivity index (χ1v) is 4.95. The molecule has 4 heteroatoms. The number of rotatable bonds is 0. The number of nitrogens with zero attached hydrogens (tertiary/aromatic N) is 2. The number of hydrogen-bond donors (Lipinski definition) is 0. The predicted molar refractivity (Wildman–Crippen MR) is 56.1 cm³/mol. The molecule has 70 valence electrons. The highest BCUT2D eigenvalue weighted by Gasteiger charge is 1.89. The molecule has 3 aromatic rings. The van der Waals surface area contributed by atoms with E-state index < -0.39 is 0 Å². The maximum absolute atomic E-state index is 4.47. The fourth-order valence-electron chi connectivity index (χ4n) is 0.975. The van der Waals surface area contributed by atoms with Crippen molar-refractivity contribution in [3.05, 3.63) is 48.6 Å². The lowest BCUT2D eigenvalue weighted by atomic mass is 10.4. The van der Waals surface area contributed by atoms with E-state index in [9.17, 15) is 0 Å². The molecule has 0 saturated carbocycles. The number of oxazole rings is 1. The van der Waals surface area contributed by atoms with Crippen LogP contribution < -0.4 is 0 Å². The van der Waals surface area contributed by atoms with Gasteiger partial charge in [0, 0.05) is 6.20 Å². The molecular formula is C10H8N2OS. The third kappa shape index (κ3) is 2.17. The molecule has 0 bridgehead atoms. The van der Waals surface area contributed by atoms with E-state index in [4.69, 9.17) is 0 Å². The highest BCUT2D eigenvalue weighted by molar-refractivity contribution is 7.17. The van der Waals surface area contributed by atoms with Gasteiger partial charge in [-0.25, -0.2) is 4.98 Å². The molecule has 0 spiro atoms. The molecule has 3 rings (SSSR count). The zero-order valence-electron chi connectivity index (χ0n) is 7.33. The quantitative estimate of drug-likeness (QED) is 0.565. The van der Waals surface area contributed by atoms with Crippen molar-refractivity contribution in [3.8, 4) is 0 Å². The van der Waals surface area contributed by atoms with E-state index in [2.05, 4.69) is 25.8 Å². The van der Waals surface area contributed by atoms with Gasteiger partial charge in [0.15, 0.2) is 6.39 Å². The van der Waals surface area contributed by atoms with Crippen molar-refractivity contribution >= 4 is 21.6 Å². The van der Waals surface area contributed by atoms with Crippen LogP contribution in [0.4, 0.5) is 0 Å². The van der Waals surface area contributed by atoms with Crippen LogP contribution in [0.1, 0.15) is 0 Å². The lowest BCUT2D eigenvalue weighted by molar-refractivity contribution is 0.558. The topological polar surface area (TPSA) is 38.9 Å². The summed E-state index contributed by atoms with van der Waals surface area (Å²) in [7, 11) is 0. The summed E-state index contributed by atoms with van der Waals surface area (Å²) in [6.07, 6.45) is 6.29. The maximum Gasteiger partial charge on any atom is 0.180 e. The molecule has 0 amide bonds. The van der Waals surface area contributed by atoms with Crippen molar-refractivity contribution < 1.29 is 4.42 Å². The van der Waals surface area contributed by atoms with Gasteiger partial charge in [-0.1, -0.05) is 0 Å². The molecule has 0 unspecified atom stereocenters. The molecule has 3 aromatic heterocycles. The van der Waals surface area contributed by atoms with Crippen molar-refractivity contribution in [3.63, 3.8) is 0 Å². The fraction of sp³-hybridized carbons (Fsp3) is 0. The standard InChI is InChI=1S/C7H5NS.C3H3NO/c1-2-7-6(8-4-1)3-5-9-7;1-2-5-3-4-1/h1-5H;1-3H. The van der Waals surface area contributed by atoms with Gasteiger partial charge in [0.2, 0.25) is 0 Å². The fourth-order valence-corrected chi connectivity index (χ4v) is 1.72. The Morgan fingerprint density at radius 2 is 2.21 bits per heavy atom. The SMILES string of the molecule is c1cnc2ccsc2c1.c1cocn1. The Balaban J connectivity index is 0.000000128. The van der Waals surface area contributed by atoms with Crippen molar-refractivity contribution in [1.82, 2.24) is 9.97 Å². The summed E-state index contributed by atoms with van der Waals surface area (Å²) in [5, 5.41) is 2.05. The second kappa shape index (κ2) is 4.53. The van der Waals surface area contributed by atoms with Crippen LogP contribution in [-0.2, 0) is 0 Å². The Hall–Kier alpha value is -1.68. The van der Waals surface area contributed by atoms with E-state index in [0.717, 1.165) is 5.52 Å². The van der Waals surface area contributed by atoms with E-state index in [1.54, 1.807) is 17.5 Å². The summed E-state index contributed by atoms with van der Waals surface area (Å²) in [6, 6.07) is 6.06. The van der Waals surface area contributed by atoms with E-state index in [0.29, 0.717) is 0 Å². The molecule has 0 fully saturated rings. The van der Waals surface area contributed by atoms with Crippen LogP contribution >= 0.6 is 11.3 Å². The summed E-state index contributed by atoms with van der Waals surface area (Å²) in [5.74, 6) is 0. The van der Waals surface area contributed by atoms with Gasteiger partial charge in [-0.05, 0) is 23.6 Å². The molecule has 0 N–H and O–H groups in total. The van der Waals surface area contributed by atoms with Crippen molar-refractivity contribution in [2.45, 2.75) is 0 Å². The molecule has 3 heterocycles. The first-order valence-electron chi connectivity index (χ1n) is 4.07. The molecule has 0 radical (unpaired) electrons. The van der Waals surface area contributed by atoms with Gasteiger partial charge in [-0.3, -0.25) is 4.98 Å². The van der Waals surface area contributed by atoms with Gasteiger partial charge in [0.25, 0.3) is 0 Å². The molecule has 0 aromatic carbocycles. The number of hydrogen-bond acceptors (Lipinski definition) is 4. The summed E-state index contributed by atoms with van der Waals surface area (Å²) in [4.78, 5) is 7.71. The number of pyridine rings is 1. The van der Waals surface area contributed by atoms with Gasteiger partial charge < -0.3 is 4.42 Å². The molecular weight excluding hydrogens is 196 g/mol. The van der Waals surface area contributed by atoms with Crippen LogP contribution in [0.25, 0.3) is 10.2 Å². The highest BCUT2D eigenvalue weighted by atomic mass is 32.1. The Bertz CT molecular complexity index is 428. The molecule has 0 saturated heterocycles. The summed E-state index contributed by atoms with van der Waals surface area (Å²) >= 11 is 1.72. The van der Waals surface area contributed by atoms with E-state index in [1.165, 1.54) is 17.4 Å². The van der Waals surface area contributed by atoms with Crippen LogP contribution in [-0.4, -0.2) is 9.97 Å². The second-order valence-electron chi connectivity index (χ2n) is 2.48. The average Bonchev–Trinajstić information content (AvgIpc) is 2.92. The Kier molecular flexibility index (Phi) is 2.88. The van der Waals surface area contributed by atoms with E-state index in [-0.39, 0.29) is 0 Å². The van der Waals surface area contributed by atoms with Crippen LogP contribution in [0.15, 0.2) is 53.0 Å². The Morgan fingerprint density at radius 3 is 2.86 bits per heavy atom. The lowest BCUT2D eigenvalue weighted by Crippen LogP contribution is -1.65. The van der Waals surface area contributed by atoms with Crippen molar-refractivity contribution in [2.24, 2.45) is 0 Å². The minimum Gasteiger partial charge on any atom is -0.452 e. The largest absolute Gasteiger partial charge is 0.452 e. The highest BCUT2D eigenvalue weighted by Crippen LogP contribution is 2.16. The van der Waals surface area contributed by atoms with Gasteiger partial charge in [0.05, 0.1) is 16.4 Å². The maximum atomic E-state index is 4.47. The smallest absolute Gasteiger partial charge is 0.180 e. The van der Waals surface area contributed by atoms with Crippen LogP contribution in [0.2, 0.25) is 0 Å². The molecule has 0 aliphatic rings. The Labute approximate surface area is 85.0 Å². The van der Waals surface area contributed by atoms with Crippen LogP contribution in [0.3, 0.4) is 0 Å². The molecule has 14 heavy (non-hydrogen) atoms. The van der Waals surface area contributed by atoms with E-state index in [1.807, 2.05) is 18.3 Å². The average molecular weight is 204 g/mol. The molecule has 0 aliphatic carbocycles. The minimum absolute atomic E-state index is 1.10. The zero-order valence-corrected chi connectivity index (χ0v) is 8.15.